The van der Waals surface area contributed by atoms with E-state index in [-0.39, 0.29) is 17.8 Å². The molecule has 7 heteroatoms. The van der Waals surface area contributed by atoms with E-state index in [1.165, 1.54) is 6.07 Å². The van der Waals surface area contributed by atoms with Gasteiger partial charge in [0.25, 0.3) is 0 Å². The lowest BCUT2D eigenvalue weighted by Gasteiger charge is -2.14. The normalized spacial score (nSPS) is 14.4. The van der Waals surface area contributed by atoms with Gasteiger partial charge in [-0.3, -0.25) is 4.98 Å². The van der Waals surface area contributed by atoms with Crippen LogP contribution in [0.15, 0.2) is 36.5 Å². The number of hydrogen-bond acceptors (Lipinski definition) is 3. The molecule has 4 rings (SSSR count). The van der Waals surface area contributed by atoms with Crippen LogP contribution in [-0.4, -0.2) is 22.0 Å². The highest BCUT2D eigenvalue weighted by atomic mass is 35.5. The molecule has 1 fully saturated rings. The summed E-state index contributed by atoms with van der Waals surface area (Å²) >= 11 is 5.94. The summed E-state index contributed by atoms with van der Waals surface area (Å²) in [6.07, 6.45) is 5.82. The summed E-state index contributed by atoms with van der Waals surface area (Å²) < 4.78 is 14.3. The number of hydrogen-bond donors (Lipinski definition) is 2. The average molecular weight is 399 g/mol. The van der Waals surface area contributed by atoms with Gasteiger partial charge in [-0.2, -0.15) is 0 Å². The number of anilines is 1. The van der Waals surface area contributed by atoms with E-state index in [1.807, 2.05) is 13.0 Å². The van der Waals surface area contributed by atoms with Crippen LogP contribution in [0.3, 0.4) is 0 Å². The number of halogens is 2. The van der Waals surface area contributed by atoms with Crippen molar-refractivity contribution in [3.05, 3.63) is 53.2 Å². The fourth-order valence-corrected chi connectivity index (χ4v) is 3.79. The van der Waals surface area contributed by atoms with Gasteiger partial charge in [0.15, 0.2) is 0 Å². The quantitative estimate of drug-likeness (QED) is 0.575. The molecular formula is C21H20ClFN4O. The van der Waals surface area contributed by atoms with Crippen molar-refractivity contribution in [1.29, 1.82) is 0 Å². The molecule has 28 heavy (non-hydrogen) atoms. The minimum Gasteiger partial charge on any atom is -0.335 e. The molecule has 2 heterocycles. The standard InChI is InChI=1S/C21H20ClFN4O/c1-12-16(8-14-11-24-20(22)10-18(14)25-12)13-6-7-17(23)19(9-13)27-21(28)26-15-4-2-3-5-15/h6-11,15H,2-5H2,1H3,(H2,26,27,28). The number of nitrogens with one attached hydrogen (secondary N) is 2. The largest absolute Gasteiger partial charge is 0.335 e. The van der Waals surface area contributed by atoms with Crippen LogP contribution >= 0.6 is 11.6 Å². The Labute approximate surface area is 167 Å². The second-order valence-corrected chi connectivity index (χ2v) is 7.48. The van der Waals surface area contributed by atoms with Crippen molar-refractivity contribution in [3.63, 3.8) is 0 Å². The minimum absolute atomic E-state index is 0.140. The van der Waals surface area contributed by atoms with Crippen molar-refractivity contribution >= 4 is 34.2 Å². The van der Waals surface area contributed by atoms with Gasteiger partial charge in [0.05, 0.1) is 11.2 Å². The SMILES string of the molecule is Cc1nc2cc(Cl)ncc2cc1-c1ccc(F)c(NC(=O)NC2CCCC2)c1. The highest BCUT2D eigenvalue weighted by Gasteiger charge is 2.18. The van der Waals surface area contributed by atoms with Gasteiger partial charge in [-0.15, -0.1) is 0 Å². The molecular weight excluding hydrogens is 379 g/mol. The number of aromatic nitrogens is 2. The molecule has 2 N–H and O–H groups in total. The number of rotatable bonds is 3. The van der Waals surface area contributed by atoms with E-state index in [0.29, 0.717) is 5.15 Å². The van der Waals surface area contributed by atoms with Crippen molar-refractivity contribution in [2.45, 2.75) is 38.6 Å². The molecule has 0 aliphatic heterocycles. The third-order valence-electron chi connectivity index (χ3n) is 5.07. The Morgan fingerprint density at radius 3 is 2.79 bits per heavy atom. The van der Waals surface area contributed by atoms with E-state index < -0.39 is 5.82 Å². The Balaban J connectivity index is 1.62. The van der Waals surface area contributed by atoms with Gasteiger partial charge in [0, 0.05) is 34.9 Å². The Kier molecular flexibility index (Phi) is 5.13. The number of benzene rings is 1. The van der Waals surface area contributed by atoms with Crippen molar-refractivity contribution < 1.29 is 9.18 Å². The molecule has 0 radical (unpaired) electrons. The summed E-state index contributed by atoms with van der Waals surface area (Å²) in [6, 6.07) is 8.09. The lowest BCUT2D eigenvalue weighted by Crippen LogP contribution is -2.36. The number of carbonyl (C=O) groups is 1. The molecule has 0 saturated heterocycles. The molecule has 0 atom stereocenters. The average Bonchev–Trinajstić information content (AvgIpc) is 3.16. The maximum absolute atomic E-state index is 14.3. The molecule has 5 nitrogen and oxygen atoms in total. The van der Waals surface area contributed by atoms with E-state index in [0.717, 1.165) is 53.4 Å². The number of urea groups is 1. The summed E-state index contributed by atoms with van der Waals surface area (Å²) in [5.74, 6) is -0.481. The summed E-state index contributed by atoms with van der Waals surface area (Å²) in [6.45, 7) is 1.88. The van der Waals surface area contributed by atoms with Crippen LogP contribution in [0.2, 0.25) is 5.15 Å². The van der Waals surface area contributed by atoms with E-state index in [9.17, 15) is 9.18 Å². The first kappa shape index (κ1) is 18.6. The van der Waals surface area contributed by atoms with Crippen LogP contribution in [-0.2, 0) is 0 Å². The molecule has 0 unspecified atom stereocenters. The second kappa shape index (κ2) is 7.72. The predicted molar refractivity (Wildman–Crippen MR) is 109 cm³/mol. The highest BCUT2D eigenvalue weighted by molar-refractivity contribution is 6.30. The van der Waals surface area contributed by atoms with Crippen molar-refractivity contribution in [2.75, 3.05) is 5.32 Å². The topological polar surface area (TPSA) is 66.9 Å². The number of pyridine rings is 2. The Morgan fingerprint density at radius 1 is 1.21 bits per heavy atom. The Morgan fingerprint density at radius 2 is 2.00 bits per heavy atom. The number of amides is 2. The first-order chi connectivity index (χ1) is 13.5. The summed E-state index contributed by atoms with van der Waals surface area (Å²) in [5.41, 5.74) is 3.28. The van der Waals surface area contributed by atoms with Gasteiger partial charge in [-0.05, 0) is 43.5 Å². The zero-order valence-electron chi connectivity index (χ0n) is 15.4. The summed E-state index contributed by atoms with van der Waals surface area (Å²) in [4.78, 5) is 20.9. The lowest BCUT2D eigenvalue weighted by atomic mass is 10.0. The van der Waals surface area contributed by atoms with Gasteiger partial charge in [0.1, 0.15) is 11.0 Å². The van der Waals surface area contributed by atoms with E-state index in [4.69, 9.17) is 11.6 Å². The monoisotopic (exact) mass is 398 g/mol. The van der Waals surface area contributed by atoms with Gasteiger partial charge < -0.3 is 10.6 Å². The second-order valence-electron chi connectivity index (χ2n) is 7.10. The van der Waals surface area contributed by atoms with E-state index >= 15 is 0 Å². The molecule has 3 aromatic rings. The molecule has 2 aromatic heterocycles. The molecule has 1 saturated carbocycles. The highest BCUT2D eigenvalue weighted by Crippen LogP contribution is 2.30. The van der Waals surface area contributed by atoms with Gasteiger partial charge in [-0.25, -0.2) is 14.2 Å². The van der Waals surface area contributed by atoms with Crippen molar-refractivity contribution in [1.82, 2.24) is 15.3 Å². The zero-order chi connectivity index (χ0) is 19.7. The molecule has 2 amide bonds. The molecule has 1 aliphatic rings. The van der Waals surface area contributed by atoms with E-state index in [2.05, 4.69) is 20.6 Å². The van der Waals surface area contributed by atoms with Gasteiger partial charge >= 0.3 is 6.03 Å². The minimum atomic E-state index is -0.481. The Bertz CT molecular complexity index is 1050. The number of carbonyl (C=O) groups excluding carboxylic acids is 1. The third-order valence-corrected chi connectivity index (χ3v) is 5.28. The number of nitrogens with zero attached hydrogens (tertiary/aromatic N) is 2. The lowest BCUT2D eigenvalue weighted by molar-refractivity contribution is 0.248. The third kappa shape index (κ3) is 3.92. The van der Waals surface area contributed by atoms with Crippen LogP contribution in [0.5, 0.6) is 0 Å². The van der Waals surface area contributed by atoms with Crippen LogP contribution in [0.1, 0.15) is 31.4 Å². The van der Waals surface area contributed by atoms with Crippen LogP contribution in [0, 0.1) is 12.7 Å². The predicted octanol–water partition coefficient (Wildman–Crippen LogP) is 5.46. The first-order valence-electron chi connectivity index (χ1n) is 9.30. The fraction of sp³-hybridized carbons (Fsp3) is 0.286. The van der Waals surface area contributed by atoms with Gasteiger partial charge in [-0.1, -0.05) is 30.5 Å². The Hall–Kier alpha value is -2.73. The maximum Gasteiger partial charge on any atom is 0.319 e. The van der Waals surface area contributed by atoms with Crippen molar-refractivity contribution in [3.8, 4) is 11.1 Å². The summed E-state index contributed by atoms with van der Waals surface area (Å²) in [5, 5.41) is 6.76. The smallest absolute Gasteiger partial charge is 0.319 e. The molecule has 0 spiro atoms. The zero-order valence-corrected chi connectivity index (χ0v) is 16.2. The fourth-order valence-electron chi connectivity index (χ4n) is 3.63. The van der Waals surface area contributed by atoms with E-state index in [1.54, 1.807) is 24.4 Å². The molecule has 144 valence electrons. The molecule has 0 bridgehead atoms. The molecule has 1 aliphatic carbocycles. The van der Waals surface area contributed by atoms with Crippen molar-refractivity contribution in [2.24, 2.45) is 0 Å². The first-order valence-corrected chi connectivity index (χ1v) is 9.68. The number of fused-ring (bicyclic) bond motifs is 1. The van der Waals surface area contributed by atoms with Gasteiger partial charge in [0.2, 0.25) is 0 Å². The summed E-state index contributed by atoms with van der Waals surface area (Å²) in [7, 11) is 0. The van der Waals surface area contributed by atoms with Crippen LogP contribution in [0.25, 0.3) is 22.0 Å². The van der Waals surface area contributed by atoms with Crippen LogP contribution < -0.4 is 10.6 Å². The number of aryl methyl sites for hydroxylation is 1. The van der Waals surface area contributed by atoms with Crippen LogP contribution in [0.4, 0.5) is 14.9 Å². The maximum atomic E-state index is 14.3. The molecule has 1 aromatic carbocycles.